The Labute approximate surface area is 205 Å². The van der Waals surface area contributed by atoms with E-state index in [2.05, 4.69) is 21.0 Å². The van der Waals surface area contributed by atoms with Gasteiger partial charge in [-0.2, -0.15) is 5.10 Å². The van der Waals surface area contributed by atoms with Gasteiger partial charge in [-0.3, -0.25) is 4.79 Å². The van der Waals surface area contributed by atoms with Crippen molar-refractivity contribution >= 4 is 29.1 Å². The molecule has 184 valence electrons. The first-order chi connectivity index (χ1) is 16.9. The van der Waals surface area contributed by atoms with Gasteiger partial charge in [0.05, 0.1) is 19.9 Å². The molecule has 1 aliphatic rings. The Balaban J connectivity index is 1.36. The van der Waals surface area contributed by atoms with E-state index in [1.807, 2.05) is 31.2 Å². The van der Waals surface area contributed by atoms with Gasteiger partial charge < -0.3 is 26.4 Å². The summed E-state index contributed by atoms with van der Waals surface area (Å²) in [5.74, 6) is 0.845. The third-order valence-electron chi connectivity index (χ3n) is 6.29. The molecule has 4 rings (SSSR count). The number of anilines is 3. The van der Waals surface area contributed by atoms with Crippen LogP contribution in [0.3, 0.4) is 0 Å². The van der Waals surface area contributed by atoms with Gasteiger partial charge in [-0.05, 0) is 61.2 Å². The highest BCUT2D eigenvalue weighted by molar-refractivity contribution is 6.06. The van der Waals surface area contributed by atoms with Crippen LogP contribution >= 0.6 is 0 Å². The lowest BCUT2D eigenvalue weighted by Gasteiger charge is -2.23. The smallest absolute Gasteiger partial charge is 0.319 e. The van der Waals surface area contributed by atoms with Crippen LogP contribution in [0.15, 0.2) is 48.7 Å². The molecule has 3 amide bonds. The Morgan fingerprint density at radius 1 is 1.09 bits per heavy atom. The first-order valence-electron chi connectivity index (χ1n) is 11.9. The Morgan fingerprint density at radius 3 is 2.51 bits per heavy atom. The zero-order valence-corrected chi connectivity index (χ0v) is 20.1. The fraction of sp³-hybridized carbons (Fsp3) is 0.346. The quantitative estimate of drug-likeness (QED) is 0.399. The molecule has 9 nitrogen and oxygen atoms in total. The number of amides is 3. The molecule has 0 saturated heterocycles. The highest BCUT2D eigenvalue weighted by Gasteiger charge is 2.17. The Bertz CT molecular complexity index is 1180. The number of aryl methyl sites for hydroxylation is 1. The Kier molecular flexibility index (Phi) is 7.54. The van der Waals surface area contributed by atoms with Crippen molar-refractivity contribution in [3.8, 4) is 5.75 Å². The molecule has 5 N–H and O–H groups in total. The van der Waals surface area contributed by atoms with Crippen LogP contribution in [0.5, 0.6) is 5.75 Å². The zero-order valence-electron chi connectivity index (χ0n) is 20.1. The van der Waals surface area contributed by atoms with E-state index in [4.69, 9.17) is 10.5 Å². The summed E-state index contributed by atoms with van der Waals surface area (Å²) in [5.41, 5.74) is 9.55. The summed E-state index contributed by atoms with van der Waals surface area (Å²) in [5, 5.41) is 13.0. The van der Waals surface area contributed by atoms with Crippen LogP contribution in [0.1, 0.15) is 53.6 Å². The van der Waals surface area contributed by atoms with Crippen molar-refractivity contribution in [1.82, 2.24) is 15.1 Å². The van der Waals surface area contributed by atoms with Crippen molar-refractivity contribution in [2.45, 2.75) is 51.6 Å². The van der Waals surface area contributed by atoms with Crippen LogP contribution in [0.2, 0.25) is 0 Å². The van der Waals surface area contributed by atoms with Crippen LogP contribution in [-0.2, 0) is 6.54 Å². The van der Waals surface area contributed by atoms with Gasteiger partial charge in [0.2, 0.25) is 0 Å². The lowest BCUT2D eigenvalue weighted by molar-refractivity contribution is 0.102. The van der Waals surface area contributed by atoms with Gasteiger partial charge in [0, 0.05) is 17.3 Å². The molecule has 0 radical (unpaired) electrons. The van der Waals surface area contributed by atoms with Crippen molar-refractivity contribution in [3.05, 3.63) is 65.4 Å². The summed E-state index contributed by atoms with van der Waals surface area (Å²) in [6, 6.07) is 12.8. The molecule has 1 saturated carbocycles. The SMILES string of the molecule is COc1ccc(Cn2ncc(NC(=O)c3ccc(NC(=O)NC4CCCCC4)cc3C)c2N)cc1. The van der Waals surface area contributed by atoms with E-state index in [9.17, 15) is 9.59 Å². The van der Waals surface area contributed by atoms with E-state index >= 15 is 0 Å². The molecule has 0 bridgehead atoms. The summed E-state index contributed by atoms with van der Waals surface area (Å²) in [6.45, 7) is 2.30. The maximum Gasteiger partial charge on any atom is 0.319 e. The van der Waals surface area contributed by atoms with Crippen LogP contribution in [0.25, 0.3) is 0 Å². The van der Waals surface area contributed by atoms with Crippen LogP contribution in [-0.4, -0.2) is 34.9 Å². The Morgan fingerprint density at radius 2 is 1.83 bits per heavy atom. The molecule has 1 aliphatic carbocycles. The number of methoxy groups -OCH3 is 1. The second kappa shape index (κ2) is 10.9. The van der Waals surface area contributed by atoms with Crippen molar-refractivity contribution in [2.24, 2.45) is 0 Å². The largest absolute Gasteiger partial charge is 0.497 e. The number of aromatic nitrogens is 2. The van der Waals surface area contributed by atoms with Crippen LogP contribution in [0, 0.1) is 6.92 Å². The van der Waals surface area contributed by atoms with Gasteiger partial charge in [-0.1, -0.05) is 31.4 Å². The molecule has 0 atom stereocenters. The normalized spacial score (nSPS) is 13.8. The minimum atomic E-state index is -0.295. The van der Waals surface area contributed by atoms with Gasteiger partial charge >= 0.3 is 6.03 Å². The summed E-state index contributed by atoms with van der Waals surface area (Å²) in [4.78, 5) is 25.2. The lowest BCUT2D eigenvalue weighted by atomic mass is 9.96. The third kappa shape index (κ3) is 6.11. The maximum absolute atomic E-state index is 12.9. The van der Waals surface area contributed by atoms with Gasteiger partial charge in [0.1, 0.15) is 17.3 Å². The van der Waals surface area contributed by atoms with Gasteiger partial charge in [0.15, 0.2) is 0 Å². The summed E-state index contributed by atoms with van der Waals surface area (Å²) >= 11 is 0. The van der Waals surface area contributed by atoms with Crippen molar-refractivity contribution in [3.63, 3.8) is 0 Å². The minimum Gasteiger partial charge on any atom is -0.497 e. The molecule has 1 heterocycles. The second-order valence-corrected chi connectivity index (χ2v) is 8.87. The number of nitrogen functional groups attached to an aromatic ring is 1. The predicted octanol–water partition coefficient (Wildman–Crippen LogP) is 4.54. The van der Waals surface area contributed by atoms with E-state index in [-0.39, 0.29) is 18.0 Å². The predicted molar refractivity (Wildman–Crippen MR) is 137 cm³/mol. The number of nitrogens with one attached hydrogen (secondary N) is 3. The number of urea groups is 1. The van der Waals surface area contributed by atoms with E-state index < -0.39 is 0 Å². The van der Waals surface area contributed by atoms with E-state index in [1.54, 1.807) is 30.0 Å². The number of nitrogens with zero attached hydrogens (tertiary/aromatic N) is 2. The number of rotatable bonds is 7. The number of carbonyl (C=O) groups is 2. The lowest BCUT2D eigenvalue weighted by Crippen LogP contribution is -2.39. The monoisotopic (exact) mass is 476 g/mol. The number of hydrogen-bond donors (Lipinski definition) is 4. The first-order valence-corrected chi connectivity index (χ1v) is 11.9. The maximum atomic E-state index is 12.9. The molecule has 2 aromatic carbocycles. The standard InChI is InChI=1S/C26H32N6O3/c1-17-14-20(30-26(34)29-19-6-4-3-5-7-19)10-13-22(17)25(33)31-23-15-28-32(24(23)27)16-18-8-11-21(35-2)12-9-18/h8-15,19H,3-7,16,27H2,1-2H3,(H,31,33)(H2,29,30,34). The third-order valence-corrected chi connectivity index (χ3v) is 6.29. The van der Waals surface area contributed by atoms with Crippen LogP contribution < -0.4 is 26.4 Å². The molecule has 9 heteroatoms. The highest BCUT2D eigenvalue weighted by atomic mass is 16.5. The van der Waals surface area contributed by atoms with E-state index in [1.165, 1.54) is 12.6 Å². The number of benzene rings is 2. The Hall–Kier alpha value is -4.01. The number of ether oxygens (including phenoxy) is 1. The number of hydrogen-bond acceptors (Lipinski definition) is 5. The molecule has 0 spiro atoms. The number of nitrogens with two attached hydrogens (primary N) is 1. The van der Waals surface area contributed by atoms with Crippen molar-refractivity contribution in [1.29, 1.82) is 0 Å². The summed E-state index contributed by atoms with van der Waals surface area (Å²) in [6.07, 6.45) is 7.11. The minimum absolute atomic E-state index is 0.217. The van der Waals surface area contributed by atoms with Gasteiger partial charge in [0.25, 0.3) is 5.91 Å². The molecule has 1 aromatic heterocycles. The fourth-order valence-electron chi connectivity index (χ4n) is 4.31. The molecule has 0 aliphatic heterocycles. The molecule has 1 fully saturated rings. The van der Waals surface area contributed by atoms with Gasteiger partial charge in [-0.15, -0.1) is 0 Å². The summed E-state index contributed by atoms with van der Waals surface area (Å²) < 4.78 is 6.81. The molecule has 35 heavy (non-hydrogen) atoms. The topological polar surface area (TPSA) is 123 Å². The first kappa shape index (κ1) is 24.1. The molecule has 3 aromatic rings. The fourth-order valence-corrected chi connectivity index (χ4v) is 4.31. The van der Waals surface area contributed by atoms with E-state index in [0.29, 0.717) is 29.3 Å². The average Bonchev–Trinajstić information content (AvgIpc) is 3.18. The van der Waals surface area contributed by atoms with Crippen molar-refractivity contribution in [2.75, 3.05) is 23.5 Å². The van der Waals surface area contributed by atoms with Gasteiger partial charge in [-0.25, -0.2) is 9.48 Å². The average molecular weight is 477 g/mol. The van der Waals surface area contributed by atoms with Crippen molar-refractivity contribution < 1.29 is 14.3 Å². The highest BCUT2D eigenvalue weighted by Crippen LogP contribution is 2.23. The number of carbonyl (C=O) groups excluding carboxylic acids is 2. The zero-order chi connectivity index (χ0) is 24.8. The molecule has 0 unspecified atom stereocenters. The van der Waals surface area contributed by atoms with E-state index in [0.717, 1.165) is 42.6 Å². The summed E-state index contributed by atoms with van der Waals surface area (Å²) in [7, 11) is 1.62. The van der Waals surface area contributed by atoms with Crippen LogP contribution in [0.4, 0.5) is 22.0 Å². The molecular weight excluding hydrogens is 444 g/mol. The molecular formula is C26H32N6O3. The second-order valence-electron chi connectivity index (χ2n) is 8.87.